The van der Waals surface area contributed by atoms with Crippen molar-refractivity contribution in [3.63, 3.8) is 0 Å². The number of rotatable bonds is 1. The molecule has 12 heavy (non-hydrogen) atoms. The summed E-state index contributed by atoms with van der Waals surface area (Å²) in [4.78, 5) is 21.3. The lowest BCUT2D eigenvalue weighted by atomic mass is 10.5. The molecule has 0 aliphatic rings. The zero-order valence-corrected chi connectivity index (χ0v) is 6.23. The molecule has 0 radical (unpaired) electrons. The fourth-order valence-electron chi connectivity index (χ4n) is 0.537. The van der Waals surface area contributed by atoms with Crippen molar-refractivity contribution in [2.75, 3.05) is 12.4 Å². The lowest BCUT2D eigenvalue weighted by Gasteiger charge is -1.96. The maximum Gasteiger partial charge on any atom is 0.396 e. The third kappa shape index (κ3) is 1.82. The van der Waals surface area contributed by atoms with Crippen LogP contribution in [0.25, 0.3) is 0 Å². The molecule has 1 N–H and O–H groups in total. The highest BCUT2D eigenvalue weighted by Gasteiger charge is 2.14. The maximum atomic E-state index is 10.8. The number of esters is 1. The van der Waals surface area contributed by atoms with Gasteiger partial charge in [-0.15, -0.1) is 0 Å². The number of hydrogen-bond acceptors (Lipinski definition) is 5. The average Bonchev–Trinajstić information content (AvgIpc) is 2.55. The van der Waals surface area contributed by atoms with Crippen LogP contribution < -0.4 is 5.32 Å². The van der Waals surface area contributed by atoms with Crippen LogP contribution in [-0.4, -0.2) is 24.1 Å². The first-order chi connectivity index (χ1) is 5.74. The van der Waals surface area contributed by atoms with Crippen molar-refractivity contribution in [2.24, 2.45) is 0 Å². The third-order valence-electron chi connectivity index (χ3n) is 1.05. The zero-order valence-electron chi connectivity index (χ0n) is 6.23. The molecule has 1 aromatic heterocycles. The van der Waals surface area contributed by atoms with E-state index in [1.807, 2.05) is 0 Å². The van der Waals surface area contributed by atoms with Gasteiger partial charge in [-0.3, -0.25) is 10.1 Å². The number of methoxy groups -OCH3 is 1. The monoisotopic (exact) mass is 170 g/mol. The minimum absolute atomic E-state index is 0.172. The van der Waals surface area contributed by atoms with Gasteiger partial charge in [0.1, 0.15) is 6.26 Å². The Labute approximate surface area is 67.5 Å². The molecular formula is C6H6N2O4. The number of aromatic nitrogens is 1. The fourth-order valence-corrected chi connectivity index (χ4v) is 0.537. The summed E-state index contributed by atoms with van der Waals surface area (Å²) < 4.78 is 8.56. The second kappa shape index (κ2) is 3.51. The number of anilines is 1. The lowest BCUT2D eigenvalue weighted by molar-refractivity contribution is -0.150. The molecule has 1 amide bonds. The summed E-state index contributed by atoms with van der Waals surface area (Å²) in [6.45, 7) is 0. The van der Waals surface area contributed by atoms with Crippen molar-refractivity contribution in [2.45, 2.75) is 0 Å². The molecule has 0 unspecified atom stereocenters. The Balaban J connectivity index is 2.53. The normalized spacial score (nSPS) is 9.08. The topological polar surface area (TPSA) is 81.4 Å². The molecule has 0 bridgehead atoms. The molecule has 0 aromatic carbocycles. The first-order valence-corrected chi connectivity index (χ1v) is 3.03. The van der Waals surface area contributed by atoms with Crippen molar-refractivity contribution in [1.29, 1.82) is 0 Å². The number of hydrogen-bond donors (Lipinski definition) is 1. The molecule has 6 heteroatoms. The zero-order chi connectivity index (χ0) is 8.97. The van der Waals surface area contributed by atoms with E-state index in [-0.39, 0.29) is 5.82 Å². The SMILES string of the molecule is COC(=O)C(=O)Nc1ccon1. The molecule has 0 saturated heterocycles. The molecule has 0 atom stereocenters. The van der Waals surface area contributed by atoms with Gasteiger partial charge in [0.15, 0.2) is 5.82 Å². The van der Waals surface area contributed by atoms with Gasteiger partial charge in [-0.1, -0.05) is 5.16 Å². The Kier molecular flexibility index (Phi) is 2.42. The Morgan fingerprint density at radius 2 is 2.42 bits per heavy atom. The number of carbonyl (C=O) groups excluding carboxylic acids is 2. The van der Waals surface area contributed by atoms with E-state index in [9.17, 15) is 9.59 Å². The molecule has 1 aromatic rings. The van der Waals surface area contributed by atoms with E-state index in [0.717, 1.165) is 7.11 Å². The predicted molar refractivity (Wildman–Crippen MR) is 37.1 cm³/mol. The van der Waals surface area contributed by atoms with Crippen LogP contribution in [0.4, 0.5) is 5.82 Å². The summed E-state index contributed by atoms with van der Waals surface area (Å²) >= 11 is 0. The molecule has 0 spiro atoms. The second-order valence-electron chi connectivity index (χ2n) is 1.83. The molecule has 6 nitrogen and oxygen atoms in total. The van der Waals surface area contributed by atoms with Gasteiger partial charge < -0.3 is 9.26 Å². The maximum absolute atomic E-state index is 10.8. The standard InChI is InChI=1S/C6H6N2O4/c1-11-6(10)5(9)7-4-2-3-12-8-4/h2-3H,1H3,(H,7,8,9). The van der Waals surface area contributed by atoms with Gasteiger partial charge in [-0.05, 0) is 0 Å². The van der Waals surface area contributed by atoms with Gasteiger partial charge >= 0.3 is 11.9 Å². The van der Waals surface area contributed by atoms with E-state index in [4.69, 9.17) is 0 Å². The lowest BCUT2D eigenvalue weighted by Crippen LogP contribution is -2.23. The van der Waals surface area contributed by atoms with Crippen LogP contribution in [-0.2, 0) is 14.3 Å². The number of nitrogens with one attached hydrogen (secondary N) is 1. The number of carbonyl (C=O) groups is 2. The van der Waals surface area contributed by atoms with E-state index in [0.29, 0.717) is 0 Å². The van der Waals surface area contributed by atoms with Crippen molar-refractivity contribution in [3.05, 3.63) is 12.3 Å². The van der Waals surface area contributed by atoms with E-state index in [1.165, 1.54) is 12.3 Å². The Morgan fingerprint density at radius 3 is 2.92 bits per heavy atom. The van der Waals surface area contributed by atoms with Crippen LogP contribution in [0.5, 0.6) is 0 Å². The highest BCUT2D eigenvalue weighted by Crippen LogP contribution is 2.00. The summed E-state index contributed by atoms with van der Waals surface area (Å²) in [5, 5.41) is 5.51. The summed E-state index contributed by atoms with van der Waals surface area (Å²) in [6.07, 6.45) is 1.27. The summed E-state index contributed by atoms with van der Waals surface area (Å²) in [5.41, 5.74) is 0. The van der Waals surface area contributed by atoms with Crippen LogP contribution >= 0.6 is 0 Å². The van der Waals surface area contributed by atoms with Crippen molar-refractivity contribution in [1.82, 2.24) is 5.16 Å². The van der Waals surface area contributed by atoms with Gasteiger partial charge in [0.2, 0.25) is 0 Å². The first-order valence-electron chi connectivity index (χ1n) is 3.03. The molecule has 0 aliphatic carbocycles. The smallest absolute Gasteiger partial charge is 0.396 e. The quantitative estimate of drug-likeness (QED) is 0.465. The Bertz CT molecular complexity index is 280. The van der Waals surface area contributed by atoms with Crippen LogP contribution in [0.1, 0.15) is 0 Å². The number of ether oxygens (including phenoxy) is 1. The van der Waals surface area contributed by atoms with Crippen LogP contribution in [0.2, 0.25) is 0 Å². The van der Waals surface area contributed by atoms with Gasteiger partial charge in [-0.2, -0.15) is 0 Å². The third-order valence-corrected chi connectivity index (χ3v) is 1.05. The van der Waals surface area contributed by atoms with E-state index in [1.54, 1.807) is 0 Å². The minimum atomic E-state index is -0.974. The number of amides is 1. The summed E-state index contributed by atoms with van der Waals surface area (Å²) in [6, 6.07) is 1.40. The average molecular weight is 170 g/mol. The molecule has 0 fully saturated rings. The fraction of sp³-hybridized carbons (Fsp3) is 0.167. The second-order valence-corrected chi connectivity index (χ2v) is 1.83. The molecule has 1 heterocycles. The first kappa shape index (κ1) is 8.25. The van der Waals surface area contributed by atoms with Crippen LogP contribution in [0.15, 0.2) is 16.9 Å². The summed E-state index contributed by atoms with van der Waals surface area (Å²) in [7, 11) is 1.12. The van der Waals surface area contributed by atoms with Gasteiger partial charge in [0.25, 0.3) is 0 Å². The molecule has 64 valence electrons. The van der Waals surface area contributed by atoms with E-state index in [2.05, 4.69) is 19.7 Å². The van der Waals surface area contributed by atoms with Gasteiger partial charge in [0.05, 0.1) is 7.11 Å². The van der Waals surface area contributed by atoms with Crippen molar-refractivity contribution >= 4 is 17.7 Å². The molecule has 1 rings (SSSR count). The van der Waals surface area contributed by atoms with Gasteiger partial charge in [-0.25, -0.2) is 4.79 Å². The Hall–Kier alpha value is -1.85. The molecule has 0 aliphatic heterocycles. The molecular weight excluding hydrogens is 164 g/mol. The largest absolute Gasteiger partial charge is 0.462 e. The summed E-state index contributed by atoms with van der Waals surface area (Å²) in [5.74, 6) is -1.69. The van der Waals surface area contributed by atoms with Crippen molar-refractivity contribution < 1.29 is 18.8 Å². The van der Waals surface area contributed by atoms with E-state index < -0.39 is 11.9 Å². The number of nitrogens with zero attached hydrogens (tertiary/aromatic N) is 1. The molecule has 0 saturated carbocycles. The van der Waals surface area contributed by atoms with Crippen LogP contribution in [0, 0.1) is 0 Å². The highest BCUT2D eigenvalue weighted by atomic mass is 16.5. The minimum Gasteiger partial charge on any atom is -0.462 e. The van der Waals surface area contributed by atoms with E-state index >= 15 is 0 Å². The van der Waals surface area contributed by atoms with Gasteiger partial charge in [0, 0.05) is 6.07 Å². The van der Waals surface area contributed by atoms with Crippen molar-refractivity contribution in [3.8, 4) is 0 Å². The highest BCUT2D eigenvalue weighted by molar-refractivity contribution is 6.37. The predicted octanol–water partition coefficient (Wildman–Crippen LogP) is -0.214. The Morgan fingerprint density at radius 1 is 1.67 bits per heavy atom. The van der Waals surface area contributed by atoms with Crippen LogP contribution in [0.3, 0.4) is 0 Å².